The van der Waals surface area contributed by atoms with E-state index in [9.17, 15) is 4.79 Å². The molecule has 2 rings (SSSR count). The second kappa shape index (κ2) is 4.01. The van der Waals surface area contributed by atoms with Crippen molar-refractivity contribution >= 4 is 17.4 Å². The topological polar surface area (TPSA) is 85.8 Å². The molecule has 0 bridgehead atoms. The van der Waals surface area contributed by atoms with Gasteiger partial charge < -0.3 is 15.6 Å². The molecule has 3 N–H and O–H groups in total. The summed E-state index contributed by atoms with van der Waals surface area (Å²) < 4.78 is 1.70. The van der Waals surface area contributed by atoms with E-state index >= 15 is 0 Å². The summed E-state index contributed by atoms with van der Waals surface area (Å²) in [5, 5.41) is 2.62. The van der Waals surface area contributed by atoms with E-state index in [4.69, 9.17) is 5.73 Å². The van der Waals surface area contributed by atoms with E-state index in [-0.39, 0.29) is 5.91 Å². The number of hydrogen-bond donors (Lipinski definition) is 2. The Morgan fingerprint density at radius 2 is 2.25 bits per heavy atom. The molecular formula is C10H11N5O. The predicted molar refractivity (Wildman–Crippen MR) is 59.8 cm³/mol. The van der Waals surface area contributed by atoms with Crippen LogP contribution in [0.1, 0.15) is 10.5 Å². The number of pyridine rings is 1. The number of rotatable bonds is 2. The fraction of sp³-hybridized carbons (Fsp3) is 0.100. The minimum absolute atomic E-state index is 0.294. The van der Waals surface area contributed by atoms with E-state index in [1.54, 1.807) is 36.3 Å². The molecule has 16 heavy (non-hydrogen) atoms. The van der Waals surface area contributed by atoms with Crippen molar-refractivity contribution in [3.63, 3.8) is 0 Å². The molecule has 2 aromatic rings. The van der Waals surface area contributed by atoms with Crippen molar-refractivity contribution in [2.24, 2.45) is 7.05 Å². The average Bonchev–Trinajstić information content (AvgIpc) is 2.68. The van der Waals surface area contributed by atoms with Crippen molar-refractivity contribution in [1.82, 2.24) is 14.5 Å². The summed E-state index contributed by atoms with van der Waals surface area (Å²) in [6.07, 6.45) is 4.67. The molecule has 0 aromatic carbocycles. The number of nitrogens with one attached hydrogen (secondary N) is 1. The van der Waals surface area contributed by atoms with Crippen molar-refractivity contribution in [3.05, 3.63) is 36.5 Å². The number of nitrogens with zero attached hydrogens (tertiary/aromatic N) is 3. The maximum absolute atomic E-state index is 11.7. The maximum atomic E-state index is 11.7. The standard InChI is InChI=1S/C10H11N5O/c1-15-5-8(13-6-15)10(16)14-9-3-2-7(11)4-12-9/h2-6H,11H2,1H3,(H,12,14,16). The van der Waals surface area contributed by atoms with Crippen LogP contribution in [-0.2, 0) is 7.05 Å². The fourth-order valence-corrected chi connectivity index (χ4v) is 1.19. The Hall–Kier alpha value is -2.37. The minimum atomic E-state index is -0.294. The Morgan fingerprint density at radius 1 is 1.44 bits per heavy atom. The Bertz CT molecular complexity index is 502. The third kappa shape index (κ3) is 2.17. The molecule has 0 spiro atoms. The number of carbonyl (C=O) groups excluding carboxylic acids is 1. The lowest BCUT2D eigenvalue weighted by molar-refractivity contribution is 0.102. The van der Waals surface area contributed by atoms with Gasteiger partial charge in [0.1, 0.15) is 11.5 Å². The number of amides is 1. The van der Waals surface area contributed by atoms with Gasteiger partial charge in [-0.1, -0.05) is 0 Å². The second-order valence-electron chi connectivity index (χ2n) is 3.36. The first kappa shape index (κ1) is 10.2. The van der Waals surface area contributed by atoms with Crippen molar-refractivity contribution in [2.45, 2.75) is 0 Å². The number of imidazole rings is 1. The van der Waals surface area contributed by atoms with Gasteiger partial charge in [0, 0.05) is 13.2 Å². The highest BCUT2D eigenvalue weighted by Crippen LogP contribution is 2.07. The van der Waals surface area contributed by atoms with Crippen LogP contribution in [-0.4, -0.2) is 20.4 Å². The highest BCUT2D eigenvalue weighted by molar-refractivity contribution is 6.02. The molecule has 6 nitrogen and oxygen atoms in total. The van der Waals surface area contributed by atoms with Crippen LogP contribution >= 0.6 is 0 Å². The molecule has 82 valence electrons. The summed E-state index contributed by atoms with van der Waals surface area (Å²) >= 11 is 0. The number of aromatic nitrogens is 3. The fourth-order valence-electron chi connectivity index (χ4n) is 1.19. The summed E-state index contributed by atoms with van der Waals surface area (Å²) in [4.78, 5) is 19.5. The summed E-state index contributed by atoms with van der Waals surface area (Å²) in [6.45, 7) is 0. The normalized spacial score (nSPS) is 10.1. The van der Waals surface area contributed by atoms with Crippen LogP contribution in [0, 0.1) is 0 Å². The van der Waals surface area contributed by atoms with Gasteiger partial charge in [-0.3, -0.25) is 4.79 Å². The van der Waals surface area contributed by atoms with Gasteiger partial charge in [0.05, 0.1) is 18.2 Å². The maximum Gasteiger partial charge on any atom is 0.276 e. The molecule has 0 saturated carbocycles. The van der Waals surface area contributed by atoms with Crippen LogP contribution in [0.4, 0.5) is 11.5 Å². The van der Waals surface area contributed by atoms with Gasteiger partial charge in [0.2, 0.25) is 0 Å². The summed E-state index contributed by atoms with van der Waals surface area (Å²) in [5.41, 5.74) is 6.38. The van der Waals surface area contributed by atoms with E-state index in [0.717, 1.165) is 0 Å². The molecule has 0 radical (unpaired) electrons. The van der Waals surface area contributed by atoms with Crippen LogP contribution in [0.2, 0.25) is 0 Å². The number of aryl methyl sites for hydroxylation is 1. The molecule has 0 atom stereocenters. The van der Waals surface area contributed by atoms with Gasteiger partial charge in [0.25, 0.3) is 5.91 Å². The molecule has 0 saturated heterocycles. The molecule has 0 aliphatic rings. The van der Waals surface area contributed by atoms with E-state index in [1.165, 1.54) is 6.20 Å². The third-order valence-electron chi connectivity index (χ3n) is 1.97. The number of carbonyl (C=O) groups is 1. The number of nitrogens with two attached hydrogens (primary N) is 1. The largest absolute Gasteiger partial charge is 0.397 e. The summed E-state index contributed by atoms with van der Waals surface area (Å²) in [6, 6.07) is 3.30. The zero-order chi connectivity index (χ0) is 11.5. The lowest BCUT2D eigenvalue weighted by atomic mass is 10.4. The molecule has 0 aliphatic heterocycles. The monoisotopic (exact) mass is 217 g/mol. The van der Waals surface area contributed by atoms with E-state index in [0.29, 0.717) is 17.2 Å². The highest BCUT2D eigenvalue weighted by atomic mass is 16.1. The van der Waals surface area contributed by atoms with Crippen LogP contribution < -0.4 is 11.1 Å². The SMILES string of the molecule is Cn1cnc(C(=O)Nc2ccc(N)cn2)c1. The van der Waals surface area contributed by atoms with Crippen molar-refractivity contribution in [3.8, 4) is 0 Å². The van der Waals surface area contributed by atoms with Gasteiger partial charge in [-0.25, -0.2) is 9.97 Å². The van der Waals surface area contributed by atoms with E-state index in [2.05, 4.69) is 15.3 Å². The van der Waals surface area contributed by atoms with Crippen LogP contribution in [0.5, 0.6) is 0 Å². The van der Waals surface area contributed by atoms with Gasteiger partial charge in [-0.15, -0.1) is 0 Å². The second-order valence-corrected chi connectivity index (χ2v) is 3.36. The molecule has 1 amide bonds. The number of nitrogen functional groups attached to an aromatic ring is 1. The van der Waals surface area contributed by atoms with Crippen molar-refractivity contribution in [1.29, 1.82) is 0 Å². The van der Waals surface area contributed by atoms with Crippen LogP contribution in [0.15, 0.2) is 30.9 Å². The van der Waals surface area contributed by atoms with Crippen molar-refractivity contribution in [2.75, 3.05) is 11.1 Å². The summed E-state index contributed by atoms with van der Waals surface area (Å²) in [5.74, 6) is 0.155. The molecule has 0 fully saturated rings. The minimum Gasteiger partial charge on any atom is -0.397 e. The van der Waals surface area contributed by atoms with Gasteiger partial charge in [-0.2, -0.15) is 0 Å². The molecule has 2 aromatic heterocycles. The van der Waals surface area contributed by atoms with Crippen LogP contribution in [0.25, 0.3) is 0 Å². The number of anilines is 2. The lowest BCUT2D eigenvalue weighted by Crippen LogP contribution is -2.13. The zero-order valence-corrected chi connectivity index (χ0v) is 8.71. The van der Waals surface area contributed by atoms with Gasteiger partial charge in [0.15, 0.2) is 0 Å². The quantitative estimate of drug-likeness (QED) is 0.773. The molecule has 2 heterocycles. The van der Waals surface area contributed by atoms with Gasteiger partial charge >= 0.3 is 0 Å². The first-order chi connectivity index (χ1) is 7.65. The highest BCUT2D eigenvalue weighted by Gasteiger charge is 2.08. The molecule has 6 heteroatoms. The van der Waals surface area contributed by atoms with Gasteiger partial charge in [-0.05, 0) is 12.1 Å². The Morgan fingerprint density at radius 3 is 2.81 bits per heavy atom. The Kier molecular flexibility index (Phi) is 2.55. The smallest absolute Gasteiger partial charge is 0.276 e. The molecule has 0 unspecified atom stereocenters. The van der Waals surface area contributed by atoms with E-state index < -0.39 is 0 Å². The summed E-state index contributed by atoms with van der Waals surface area (Å²) in [7, 11) is 1.80. The predicted octanol–water partition coefficient (Wildman–Crippen LogP) is 0.650. The van der Waals surface area contributed by atoms with Crippen LogP contribution in [0.3, 0.4) is 0 Å². The zero-order valence-electron chi connectivity index (χ0n) is 8.71. The van der Waals surface area contributed by atoms with E-state index in [1.807, 2.05) is 0 Å². The first-order valence-corrected chi connectivity index (χ1v) is 4.66. The Labute approximate surface area is 92.1 Å². The number of hydrogen-bond acceptors (Lipinski definition) is 4. The first-order valence-electron chi connectivity index (χ1n) is 4.66. The molecular weight excluding hydrogens is 206 g/mol. The molecule has 0 aliphatic carbocycles. The Balaban J connectivity index is 2.10. The lowest BCUT2D eigenvalue weighted by Gasteiger charge is -2.01. The third-order valence-corrected chi connectivity index (χ3v) is 1.97. The average molecular weight is 217 g/mol. The van der Waals surface area contributed by atoms with Crippen molar-refractivity contribution < 1.29 is 4.79 Å².